The second kappa shape index (κ2) is 7.82. The van der Waals surface area contributed by atoms with Gasteiger partial charge in [-0.3, -0.25) is 9.69 Å². The fraction of sp³-hybridized carbons (Fsp3) is 0.294. The first kappa shape index (κ1) is 18.3. The second-order valence-electron chi connectivity index (χ2n) is 5.69. The Hall–Kier alpha value is -1.48. The van der Waals surface area contributed by atoms with Crippen molar-refractivity contribution in [3.05, 3.63) is 39.0 Å². The standard InChI is InChI=1S/C17H18BrN3O2S2/c1-20(2)8-9-21(16(22)14-6-7-15(18)24-14)17-19-12-10-11(23-3)4-5-13(12)25-17/h4-7,10H,8-9H2,1-3H3. The number of rotatable bonds is 6. The zero-order valence-electron chi connectivity index (χ0n) is 14.2. The van der Waals surface area contributed by atoms with Crippen LogP contribution in [0.25, 0.3) is 10.2 Å². The van der Waals surface area contributed by atoms with Gasteiger partial charge in [0.1, 0.15) is 5.75 Å². The van der Waals surface area contributed by atoms with Crippen LogP contribution in [0.2, 0.25) is 0 Å². The fourth-order valence-electron chi connectivity index (χ4n) is 2.28. The number of amides is 1. The van der Waals surface area contributed by atoms with E-state index in [1.807, 2.05) is 44.4 Å². The lowest BCUT2D eigenvalue weighted by Gasteiger charge is -2.21. The third-order valence-corrected chi connectivity index (χ3v) is 6.29. The molecule has 0 aliphatic carbocycles. The summed E-state index contributed by atoms with van der Waals surface area (Å²) in [4.78, 5) is 22.2. The van der Waals surface area contributed by atoms with Crippen LogP contribution in [0.3, 0.4) is 0 Å². The number of thiophene rings is 1. The number of carbonyl (C=O) groups excluding carboxylic acids is 1. The molecule has 0 saturated carbocycles. The summed E-state index contributed by atoms with van der Waals surface area (Å²) in [6.45, 7) is 1.34. The van der Waals surface area contributed by atoms with E-state index in [4.69, 9.17) is 4.74 Å². The average molecular weight is 440 g/mol. The molecule has 0 fully saturated rings. The minimum absolute atomic E-state index is 0.0245. The highest BCUT2D eigenvalue weighted by Gasteiger charge is 2.22. The van der Waals surface area contributed by atoms with Crippen molar-refractivity contribution < 1.29 is 9.53 Å². The van der Waals surface area contributed by atoms with Crippen molar-refractivity contribution in [1.82, 2.24) is 9.88 Å². The van der Waals surface area contributed by atoms with Crippen molar-refractivity contribution in [1.29, 1.82) is 0 Å². The highest BCUT2D eigenvalue weighted by Crippen LogP contribution is 2.33. The van der Waals surface area contributed by atoms with E-state index in [1.165, 1.54) is 22.7 Å². The minimum atomic E-state index is -0.0245. The van der Waals surface area contributed by atoms with E-state index in [1.54, 1.807) is 12.0 Å². The molecule has 1 aromatic carbocycles. The number of hydrogen-bond acceptors (Lipinski definition) is 6. The number of aromatic nitrogens is 1. The molecule has 0 unspecified atom stereocenters. The quantitative estimate of drug-likeness (QED) is 0.572. The Balaban J connectivity index is 1.97. The number of halogens is 1. The first-order valence-corrected chi connectivity index (χ1v) is 10.1. The highest BCUT2D eigenvalue weighted by atomic mass is 79.9. The Morgan fingerprint density at radius 3 is 2.64 bits per heavy atom. The molecule has 0 saturated heterocycles. The molecule has 8 heteroatoms. The maximum Gasteiger partial charge on any atom is 0.270 e. The number of likely N-dealkylation sites (N-methyl/N-ethyl adjacent to an activating group) is 1. The number of thiazole rings is 1. The Morgan fingerprint density at radius 1 is 1.20 bits per heavy atom. The molecule has 25 heavy (non-hydrogen) atoms. The highest BCUT2D eigenvalue weighted by molar-refractivity contribution is 9.11. The molecule has 132 valence electrons. The lowest BCUT2D eigenvalue weighted by molar-refractivity contribution is 0.0989. The molecule has 5 nitrogen and oxygen atoms in total. The molecule has 0 bridgehead atoms. The molecule has 0 N–H and O–H groups in total. The van der Waals surface area contributed by atoms with Gasteiger partial charge >= 0.3 is 0 Å². The summed E-state index contributed by atoms with van der Waals surface area (Å²) in [5, 5.41) is 0.708. The zero-order chi connectivity index (χ0) is 18.0. The smallest absolute Gasteiger partial charge is 0.270 e. The Kier molecular flexibility index (Phi) is 5.73. The Morgan fingerprint density at radius 2 is 2.00 bits per heavy atom. The molecular formula is C17H18BrN3O2S2. The molecule has 0 radical (unpaired) electrons. The first-order chi connectivity index (χ1) is 12.0. The third-order valence-electron chi connectivity index (χ3n) is 3.61. The Labute approximate surface area is 163 Å². The van der Waals surface area contributed by atoms with Crippen LogP contribution < -0.4 is 9.64 Å². The van der Waals surface area contributed by atoms with Crippen molar-refractivity contribution in [2.45, 2.75) is 0 Å². The summed E-state index contributed by atoms with van der Waals surface area (Å²) in [7, 11) is 5.62. The van der Waals surface area contributed by atoms with E-state index in [9.17, 15) is 4.79 Å². The van der Waals surface area contributed by atoms with E-state index >= 15 is 0 Å². The third kappa shape index (κ3) is 4.20. The van der Waals surface area contributed by atoms with Gasteiger partial charge in [-0.15, -0.1) is 11.3 Å². The molecule has 0 spiro atoms. The van der Waals surface area contributed by atoms with E-state index < -0.39 is 0 Å². The number of benzene rings is 1. The summed E-state index contributed by atoms with van der Waals surface area (Å²) < 4.78 is 7.24. The van der Waals surface area contributed by atoms with Crippen LogP contribution in [0.5, 0.6) is 5.75 Å². The summed E-state index contributed by atoms with van der Waals surface area (Å²) in [6, 6.07) is 9.52. The molecular weight excluding hydrogens is 422 g/mol. The molecule has 0 atom stereocenters. The average Bonchev–Trinajstić information content (AvgIpc) is 3.19. The summed E-state index contributed by atoms with van der Waals surface area (Å²) in [5.74, 6) is 0.737. The van der Waals surface area contributed by atoms with Crippen molar-refractivity contribution in [2.24, 2.45) is 0 Å². The summed E-state index contributed by atoms with van der Waals surface area (Å²) in [5.41, 5.74) is 0.842. The van der Waals surface area contributed by atoms with Crippen molar-refractivity contribution >= 4 is 59.9 Å². The van der Waals surface area contributed by atoms with Gasteiger partial charge in [0.15, 0.2) is 5.13 Å². The van der Waals surface area contributed by atoms with Crippen LogP contribution >= 0.6 is 38.6 Å². The normalized spacial score (nSPS) is 11.2. The maximum absolute atomic E-state index is 13.0. The summed E-state index contributed by atoms with van der Waals surface area (Å²) in [6.07, 6.45) is 0. The lowest BCUT2D eigenvalue weighted by Crippen LogP contribution is -2.36. The SMILES string of the molecule is COc1ccc2sc(N(CCN(C)C)C(=O)c3ccc(Br)s3)nc2c1. The number of hydrogen-bond donors (Lipinski definition) is 0. The predicted molar refractivity (Wildman–Crippen MR) is 108 cm³/mol. The van der Waals surface area contributed by atoms with Crippen LogP contribution in [0.1, 0.15) is 9.67 Å². The lowest BCUT2D eigenvalue weighted by atomic mass is 10.3. The van der Waals surface area contributed by atoms with E-state index in [2.05, 4.69) is 25.8 Å². The van der Waals surface area contributed by atoms with E-state index in [0.29, 0.717) is 16.6 Å². The number of fused-ring (bicyclic) bond motifs is 1. The number of methoxy groups -OCH3 is 1. The zero-order valence-corrected chi connectivity index (χ0v) is 17.4. The van der Waals surface area contributed by atoms with Gasteiger partial charge in [-0.1, -0.05) is 11.3 Å². The van der Waals surface area contributed by atoms with Gasteiger partial charge in [0, 0.05) is 19.2 Å². The van der Waals surface area contributed by atoms with Gasteiger partial charge in [-0.05, 0) is 54.3 Å². The van der Waals surface area contributed by atoms with Crippen LogP contribution in [0.4, 0.5) is 5.13 Å². The minimum Gasteiger partial charge on any atom is -0.497 e. The molecule has 0 aliphatic rings. The van der Waals surface area contributed by atoms with Crippen molar-refractivity contribution in [3.8, 4) is 5.75 Å². The van der Waals surface area contributed by atoms with Gasteiger partial charge in [-0.25, -0.2) is 4.98 Å². The van der Waals surface area contributed by atoms with Gasteiger partial charge < -0.3 is 9.64 Å². The van der Waals surface area contributed by atoms with Crippen LogP contribution in [-0.4, -0.2) is 50.1 Å². The summed E-state index contributed by atoms with van der Waals surface area (Å²) >= 11 is 6.38. The Bertz CT molecular complexity index is 891. The number of ether oxygens (including phenoxy) is 1. The predicted octanol–water partition coefficient (Wildman–Crippen LogP) is 4.34. The maximum atomic E-state index is 13.0. The van der Waals surface area contributed by atoms with Crippen molar-refractivity contribution in [2.75, 3.05) is 39.2 Å². The van der Waals surface area contributed by atoms with Gasteiger partial charge in [0.2, 0.25) is 0 Å². The molecule has 0 aliphatic heterocycles. The molecule has 3 aromatic rings. The molecule has 2 heterocycles. The van der Waals surface area contributed by atoms with Gasteiger partial charge in [-0.2, -0.15) is 0 Å². The number of nitrogens with zero attached hydrogens (tertiary/aromatic N) is 3. The van der Waals surface area contributed by atoms with Gasteiger partial charge in [0.25, 0.3) is 5.91 Å². The molecule has 2 aromatic heterocycles. The fourth-order valence-corrected chi connectivity index (χ4v) is 4.59. The first-order valence-electron chi connectivity index (χ1n) is 7.64. The number of anilines is 1. The van der Waals surface area contributed by atoms with E-state index in [-0.39, 0.29) is 5.91 Å². The van der Waals surface area contributed by atoms with Crippen LogP contribution in [0, 0.1) is 0 Å². The monoisotopic (exact) mass is 439 g/mol. The van der Waals surface area contributed by atoms with Crippen LogP contribution in [-0.2, 0) is 0 Å². The topological polar surface area (TPSA) is 45.7 Å². The second-order valence-corrected chi connectivity index (χ2v) is 9.17. The van der Waals surface area contributed by atoms with Crippen molar-refractivity contribution in [3.63, 3.8) is 0 Å². The van der Waals surface area contributed by atoms with Gasteiger partial charge in [0.05, 0.1) is 26.0 Å². The number of carbonyl (C=O) groups is 1. The van der Waals surface area contributed by atoms with Crippen LogP contribution in [0.15, 0.2) is 34.1 Å². The van der Waals surface area contributed by atoms with E-state index in [0.717, 1.165) is 26.3 Å². The largest absolute Gasteiger partial charge is 0.497 e. The molecule has 1 amide bonds. The molecule has 3 rings (SSSR count).